The van der Waals surface area contributed by atoms with E-state index in [0.29, 0.717) is 11.6 Å². The first kappa shape index (κ1) is 19.8. The van der Waals surface area contributed by atoms with Gasteiger partial charge in [-0.25, -0.2) is 14.2 Å². The van der Waals surface area contributed by atoms with Crippen molar-refractivity contribution < 1.29 is 22.4 Å². The Labute approximate surface area is 162 Å². The average molecular weight is 409 g/mol. The lowest BCUT2D eigenvalue weighted by Gasteiger charge is -2.18. The molecule has 1 aromatic heterocycles. The summed E-state index contributed by atoms with van der Waals surface area (Å²) in [5, 5.41) is 2.86. The van der Waals surface area contributed by atoms with E-state index in [9.17, 15) is 22.4 Å². The summed E-state index contributed by atoms with van der Waals surface area (Å²) < 4.78 is 51.8. The van der Waals surface area contributed by atoms with E-state index in [-0.39, 0.29) is 11.5 Å². The molecular weight excluding hydrogens is 394 g/mol. The number of urea groups is 1. The van der Waals surface area contributed by atoms with E-state index in [1.165, 1.54) is 42.6 Å². The summed E-state index contributed by atoms with van der Waals surface area (Å²) in [4.78, 5) is 18.3. The van der Waals surface area contributed by atoms with Crippen LogP contribution in [0.2, 0.25) is 0 Å². The molecule has 9 heteroatoms. The second kappa shape index (κ2) is 7.97. The summed E-state index contributed by atoms with van der Waals surface area (Å²) >= 11 is 1.21. The molecular formula is C19H15F4N3OS. The summed E-state index contributed by atoms with van der Waals surface area (Å²) in [5.41, 5.74) is 0.0303. The number of amides is 2. The monoisotopic (exact) mass is 409 g/mol. The van der Waals surface area contributed by atoms with Crippen LogP contribution in [0.25, 0.3) is 0 Å². The minimum atomic E-state index is -4.49. The van der Waals surface area contributed by atoms with Crippen LogP contribution in [-0.2, 0) is 12.6 Å². The summed E-state index contributed by atoms with van der Waals surface area (Å²) in [5.74, 6) is -0.335. The van der Waals surface area contributed by atoms with Gasteiger partial charge in [0, 0.05) is 30.2 Å². The minimum absolute atomic E-state index is 0.101. The van der Waals surface area contributed by atoms with E-state index in [0.717, 1.165) is 27.5 Å². The molecule has 3 rings (SSSR count). The summed E-state index contributed by atoms with van der Waals surface area (Å²) in [6, 6.07) is 10.0. The second-order valence-electron chi connectivity index (χ2n) is 5.98. The second-order valence-corrected chi connectivity index (χ2v) is 7.09. The van der Waals surface area contributed by atoms with E-state index in [2.05, 4.69) is 10.3 Å². The van der Waals surface area contributed by atoms with Crippen LogP contribution in [0.1, 0.15) is 16.0 Å². The molecule has 3 aromatic rings. The van der Waals surface area contributed by atoms with Crippen molar-refractivity contribution in [3.05, 3.63) is 76.5 Å². The highest BCUT2D eigenvalue weighted by atomic mass is 32.1. The number of nitrogens with zero attached hydrogens (tertiary/aromatic N) is 2. The van der Waals surface area contributed by atoms with Crippen LogP contribution in [0, 0.1) is 5.82 Å². The van der Waals surface area contributed by atoms with Crippen molar-refractivity contribution >= 4 is 28.2 Å². The zero-order valence-corrected chi connectivity index (χ0v) is 15.4. The van der Waals surface area contributed by atoms with E-state index < -0.39 is 17.8 Å². The fourth-order valence-electron chi connectivity index (χ4n) is 2.48. The fourth-order valence-corrected chi connectivity index (χ4v) is 3.31. The smallest absolute Gasteiger partial charge is 0.297 e. The van der Waals surface area contributed by atoms with Crippen LogP contribution in [-0.4, -0.2) is 18.1 Å². The van der Waals surface area contributed by atoms with E-state index in [1.807, 2.05) is 0 Å². The number of anilines is 2. The molecule has 0 atom stereocenters. The molecule has 0 aliphatic heterocycles. The SMILES string of the molecule is CN(C(=O)Nc1ncc(Cc2cccc(F)c2)s1)c1cccc(C(F)(F)F)c1. The van der Waals surface area contributed by atoms with Gasteiger partial charge in [-0.2, -0.15) is 13.2 Å². The lowest BCUT2D eigenvalue weighted by Crippen LogP contribution is -2.31. The quantitative estimate of drug-likeness (QED) is 0.574. The van der Waals surface area contributed by atoms with E-state index >= 15 is 0 Å². The Morgan fingerprint density at radius 1 is 1.18 bits per heavy atom. The Morgan fingerprint density at radius 3 is 2.64 bits per heavy atom. The van der Waals surface area contributed by atoms with Gasteiger partial charge >= 0.3 is 12.2 Å². The van der Waals surface area contributed by atoms with Crippen molar-refractivity contribution in [2.45, 2.75) is 12.6 Å². The highest BCUT2D eigenvalue weighted by Gasteiger charge is 2.31. The zero-order chi connectivity index (χ0) is 20.3. The Kier molecular flexibility index (Phi) is 5.64. The Hall–Kier alpha value is -2.94. The number of carbonyl (C=O) groups is 1. The molecule has 4 nitrogen and oxygen atoms in total. The van der Waals surface area contributed by atoms with Crippen molar-refractivity contribution in [3.63, 3.8) is 0 Å². The van der Waals surface area contributed by atoms with Crippen LogP contribution in [0.5, 0.6) is 0 Å². The van der Waals surface area contributed by atoms with Crippen molar-refractivity contribution in [1.29, 1.82) is 0 Å². The molecule has 146 valence electrons. The Bertz CT molecular complexity index is 987. The Balaban J connectivity index is 1.67. The molecule has 2 amide bonds. The normalized spacial score (nSPS) is 11.3. The van der Waals surface area contributed by atoms with Gasteiger partial charge in [-0.05, 0) is 35.9 Å². The highest BCUT2D eigenvalue weighted by molar-refractivity contribution is 7.15. The van der Waals surface area contributed by atoms with Gasteiger partial charge in [0.15, 0.2) is 5.13 Å². The van der Waals surface area contributed by atoms with Crippen LogP contribution < -0.4 is 10.2 Å². The predicted molar refractivity (Wildman–Crippen MR) is 100 cm³/mol. The number of halogens is 4. The molecule has 2 aromatic carbocycles. The average Bonchev–Trinajstić information content (AvgIpc) is 3.07. The van der Waals surface area contributed by atoms with Gasteiger partial charge in [0.25, 0.3) is 0 Å². The third-order valence-electron chi connectivity index (χ3n) is 3.90. The van der Waals surface area contributed by atoms with Crippen molar-refractivity contribution in [3.8, 4) is 0 Å². The van der Waals surface area contributed by atoms with Crippen molar-refractivity contribution in [1.82, 2.24) is 4.98 Å². The maximum atomic E-state index is 13.3. The number of alkyl halides is 3. The van der Waals surface area contributed by atoms with Crippen LogP contribution in [0.15, 0.2) is 54.7 Å². The van der Waals surface area contributed by atoms with Gasteiger partial charge < -0.3 is 0 Å². The first-order valence-corrected chi connectivity index (χ1v) is 8.95. The maximum Gasteiger partial charge on any atom is 0.416 e. The summed E-state index contributed by atoms with van der Waals surface area (Å²) in [7, 11) is 1.37. The molecule has 1 heterocycles. The van der Waals surface area contributed by atoms with Gasteiger partial charge in [0.05, 0.1) is 5.56 Å². The minimum Gasteiger partial charge on any atom is -0.297 e. The van der Waals surface area contributed by atoms with Crippen LogP contribution in [0.4, 0.5) is 33.2 Å². The molecule has 0 aliphatic carbocycles. The largest absolute Gasteiger partial charge is 0.416 e. The molecule has 0 saturated heterocycles. The summed E-state index contributed by atoms with van der Waals surface area (Å²) in [6.45, 7) is 0. The molecule has 0 radical (unpaired) electrons. The molecule has 28 heavy (non-hydrogen) atoms. The number of nitrogens with one attached hydrogen (secondary N) is 1. The molecule has 0 aliphatic rings. The van der Waals surface area contributed by atoms with E-state index in [4.69, 9.17) is 0 Å². The summed E-state index contributed by atoms with van der Waals surface area (Å²) in [6.07, 6.45) is -2.47. The predicted octanol–water partition coefficient (Wildman–Crippen LogP) is 5.56. The number of rotatable bonds is 4. The third kappa shape index (κ3) is 4.86. The van der Waals surface area contributed by atoms with Crippen LogP contribution >= 0.6 is 11.3 Å². The fraction of sp³-hybridized carbons (Fsp3) is 0.158. The molecule has 0 spiro atoms. The number of hydrogen-bond acceptors (Lipinski definition) is 3. The number of benzene rings is 2. The van der Waals surface area contributed by atoms with E-state index in [1.54, 1.807) is 18.3 Å². The highest BCUT2D eigenvalue weighted by Crippen LogP contribution is 2.31. The zero-order valence-electron chi connectivity index (χ0n) is 14.6. The standard InChI is InChI=1S/C19H15F4N3OS/c1-26(15-7-3-5-13(10-15)19(21,22)23)18(27)25-17-24-11-16(28-17)9-12-4-2-6-14(20)8-12/h2-8,10-11H,9H2,1H3,(H,24,25,27). The van der Waals surface area contributed by atoms with Gasteiger partial charge in [0.1, 0.15) is 5.82 Å². The first-order valence-electron chi connectivity index (χ1n) is 8.13. The topological polar surface area (TPSA) is 45.2 Å². The lowest BCUT2D eigenvalue weighted by molar-refractivity contribution is -0.137. The maximum absolute atomic E-state index is 13.3. The number of thiazole rings is 1. The van der Waals surface area contributed by atoms with Gasteiger partial charge in [0.2, 0.25) is 0 Å². The van der Waals surface area contributed by atoms with Crippen LogP contribution in [0.3, 0.4) is 0 Å². The molecule has 0 unspecified atom stereocenters. The van der Waals surface area contributed by atoms with Gasteiger partial charge in [-0.15, -0.1) is 11.3 Å². The first-order chi connectivity index (χ1) is 13.2. The molecule has 0 fully saturated rings. The molecule has 0 saturated carbocycles. The van der Waals surface area contributed by atoms with Gasteiger partial charge in [-0.1, -0.05) is 18.2 Å². The third-order valence-corrected chi connectivity index (χ3v) is 4.81. The number of carbonyl (C=O) groups excluding carboxylic acids is 1. The Morgan fingerprint density at radius 2 is 1.93 bits per heavy atom. The number of hydrogen-bond donors (Lipinski definition) is 1. The van der Waals surface area contributed by atoms with Crippen molar-refractivity contribution in [2.24, 2.45) is 0 Å². The molecule has 1 N–H and O–H groups in total. The van der Waals surface area contributed by atoms with Gasteiger partial charge in [-0.3, -0.25) is 10.2 Å². The van der Waals surface area contributed by atoms with Crippen molar-refractivity contribution in [2.75, 3.05) is 17.3 Å². The number of aromatic nitrogens is 1. The molecule has 0 bridgehead atoms. The lowest BCUT2D eigenvalue weighted by atomic mass is 10.1.